The average Bonchev–Trinajstić information content (AvgIpc) is 3.17. The Morgan fingerprint density at radius 3 is 2.94 bits per heavy atom. The summed E-state index contributed by atoms with van der Waals surface area (Å²) in [7, 11) is 0. The third kappa shape index (κ3) is 3.85. The zero-order chi connectivity index (χ0) is 13.0. The lowest BCUT2D eigenvalue weighted by molar-refractivity contribution is 0.0952. The number of amides is 1. The number of hydrogen-bond acceptors (Lipinski definition) is 4. The van der Waals surface area contributed by atoms with Crippen LogP contribution in [0.1, 0.15) is 36.0 Å². The standard InChI is InChI=1S/C12H17ClN4O/c13-10-6-9(7-11(16-10)17-14)12(18)15-5-1-2-8-3-4-8/h6-8H,1-5,14H2,(H,15,18)(H,16,17). The first-order valence-corrected chi connectivity index (χ1v) is 6.49. The lowest BCUT2D eigenvalue weighted by atomic mass is 10.2. The summed E-state index contributed by atoms with van der Waals surface area (Å²) >= 11 is 5.80. The van der Waals surface area contributed by atoms with Crippen molar-refractivity contribution in [3.8, 4) is 0 Å². The van der Waals surface area contributed by atoms with Crippen LogP contribution in [0.5, 0.6) is 0 Å². The molecule has 1 amide bonds. The van der Waals surface area contributed by atoms with Crippen molar-refractivity contribution in [2.75, 3.05) is 12.0 Å². The van der Waals surface area contributed by atoms with E-state index in [9.17, 15) is 4.79 Å². The Labute approximate surface area is 111 Å². The molecule has 0 bridgehead atoms. The number of anilines is 1. The van der Waals surface area contributed by atoms with Gasteiger partial charge in [-0.1, -0.05) is 24.4 Å². The molecular formula is C12H17ClN4O. The molecule has 0 atom stereocenters. The minimum absolute atomic E-state index is 0.147. The fraction of sp³-hybridized carbons (Fsp3) is 0.500. The number of nitrogens with zero attached hydrogens (tertiary/aromatic N) is 1. The molecule has 1 fully saturated rings. The van der Waals surface area contributed by atoms with Gasteiger partial charge in [0, 0.05) is 12.1 Å². The smallest absolute Gasteiger partial charge is 0.251 e. The molecule has 0 radical (unpaired) electrons. The van der Waals surface area contributed by atoms with Gasteiger partial charge in [-0.3, -0.25) is 4.79 Å². The van der Waals surface area contributed by atoms with Crippen LogP contribution in [0.3, 0.4) is 0 Å². The van der Waals surface area contributed by atoms with Gasteiger partial charge < -0.3 is 10.7 Å². The summed E-state index contributed by atoms with van der Waals surface area (Å²) in [6.45, 7) is 0.695. The molecule has 18 heavy (non-hydrogen) atoms. The number of nitrogen functional groups attached to an aromatic ring is 1. The van der Waals surface area contributed by atoms with Crippen molar-refractivity contribution in [1.29, 1.82) is 0 Å². The molecule has 1 aliphatic rings. The minimum Gasteiger partial charge on any atom is -0.352 e. The average molecular weight is 269 g/mol. The maximum atomic E-state index is 11.9. The highest BCUT2D eigenvalue weighted by atomic mass is 35.5. The minimum atomic E-state index is -0.147. The van der Waals surface area contributed by atoms with Crippen LogP contribution in [0.2, 0.25) is 5.15 Å². The molecule has 6 heteroatoms. The van der Waals surface area contributed by atoms with Crippen molar-refractivity contribution in [1.82, 2.24) is 10.3 Å². The number of carbonyl (C=O) groups is 1. The Hall–Kier alpha value is -1.33. The van der Waals surface area contributed by atoms with Gasteiger partial charge in [0.15, 0.2) is 0 Å². The second-order valence-corrected chi connectivity index (χ2v) is 4.94. The van der Waals surface area contributed by atoms with E-state index in [1.807, 2.05) is 0 Å². The Bertz CT molecular complexity index is 434. The first-order valence-electron chi connectivity index (χ1n) is 6.11. The van der Waals surface area contributed by atoms with E-state index in [4.69, 9.17) is 17.4 Å². The highest BCUT2D eigenvalue weighted by Gasteiger charge is 2.20. The largest absolute Gasteiger partial charge is 0.352 e. The van der Waals surface area contributed by atoms with Crippen LogP contribution in [0, 0.1) is 5.92 Å². The lowest BCUT2D eigenvalue weighted by Crippen LogP contribution is -2.25. The number of pyridine rings is 1. The van der Waals surface area contributed by atoms with Crippen molar-refractivity contribution in [2.45, 2.75) is 25.7 Å². The number of nitrogens with one attached hydrogen (secondary N) is 2. The predicted molar refractivity (Wildman–Crippen MR) is 71.3 cm³/mol. The maximum absolute atomic E-state index is 11.9. The van der Waals surface area contributed by atoms with Gasteiger partial charge >= 0.3 is 0 Å². The first kappa shape index (κ1) is 13.1. The molecule has 1 aromatic rings. The van der Waals surface area contributed by atoms with E-state index in [-0.39, 0.29) is 11.1 Å². The second-order valence-electron chi connectivity index (χ2n) is 4.55. The van der Waals surface area contributed by atoms with Crippen molar-refractivity contribution in [3.63, 3.8) is 0 Å². The Morgan fingerprint density at radius 1 is 1.50 bits per heavy atom. The lowest BCUT2D eigenvalue weighted by Gasteiger charge is -2.07. The summed E-state index contributed by atoms with van der Waals surface area (Å²) in [6.07, 6.45) is 4.92. The summed E-state index contributed by atoms with van der Waals surface area (Å²) in [6, 6.07) is 3.10. The molecule has 1 saturated carbocycles. The molecule has 0 unspecified atom stereocenters. The van der Waals surface area contributed by atoms with Crippen LogP contribution in [0.4, 0.5) is 5.82 Å². The Kier molecular flexibility index (Phi) is 4.38. The number of aromatic nitrogens is 1. The van der Waals surface area contributed by atoms with Gasteiger partial charge in [-0.15, -0.1) is 0 Å². The molecular weight excluding hydrogens is 252 g/mol. The Balaban J connectivity index is 1.84. The summed E-state index contributed by atoms with van der Waals surface area (Å²) in [5.41, 5.74) is 2.84. The molecule has 1 aliphatic carbocycles. The van der Waals surface area contributed by atoms with E-state index in [1.54, 1.807) is 6.07 Å². The van der Waals surface area contributed by atoms with Crippen molar-refractivity contribution >= 4 is 23.3 Å². The van der Waals surface area contributed by atoms with Crippen LogP contribution in [-0.4, -0.2) is 17.4 Å². The molecule has 1 heterocycles. The van der Waals surface area contributed by atoms with Gasteiger partial charge in [-0.05, 0) is 30.9 Å². The number of rotatable bonds is 6. The number of carbonyl (C=O) groups excluding carboxylic acids is 1. The Morgan fingerprint density at radius 2 is 2.28 bits per heavy atom. The second kappa shape index (κ2) is 6.02. The fourth-order valence-electron chi connectivity index (χ4n) is 1.80. The predicted octanol–water partition coefficient (Wildman–Crippen LogP) is 1.94. The quantitative estimate of drug-likeness (QED) is 0.319. The number of hydrogen-bond donors (Lipinski definition) is 3. The monoisotopic (exact) mass is 268 g/mol. The van der Waals surface area contributed by atoms with E-state index in [1.165, 1.54) is 25.3 Å². The van der Waals surface area contributed by atoms with Gasteiger partial charge in [0.2, 0.25) is 0 Å². The molecule has 0 aromatic carbocycles. The number of hydrazine groups is 1. The topological polar surface area (TPSA) is 80.0 Å². The third-order valence-corrected chi connectivity index (χ3v) is 3.17. The highest BCUT2D eigenvalue weighted by molar-refractivity contribution is 6.29. The summed E-state index contributed by atoms with van der Waals surface area (Å²) in [5.74, 6) is 6.37. The van der Waals surface area contributed by atoms with Gasteiger partial charge in [-0.25, -0.2) is 10.8 Å². The fourth-order valence-corrected chi connectivity index (χ4v) is 2.01. The molecule has 0 aliphatic heterocycles. The summed E-state index contributed by atoms with van der Waals surface area (Å²) in [5, 5.41) is 3.11. The van der Waals surface area contributed by atoms with Crippen LogP contribution in [0.25, 0.3) is 0 Å². The molecule has 1 aromatic heterocycles. The number of halogens is 1. The van der Waals surface area contributed by atoms with Crippen molar-refractivity contribution in [3.05, 3.63) is 22.8 Å². The van der Waals surface area contributed by atoms with Crippen molar-refractivity contribution in [2.24, 2.45) is 11.8 Å². The van der Waals surface area contributed by atoms with Gasteiger partial charge in [0.05, 0.1) is 0 Å². The number of nitrogens with two attached hydrogens (primary N) is 1. The van der Waals surface area contributed by atoms with Crippen LogP contribution >= 0.6 is 11.6 Å². The normalized spacial score (nSPS) is 14.3. The first-order chi connectivity index (χ1) is 8.69. The molecule has 98 valence electrons. The summed E-state index contributed by atoms with van der Waals surface area (Å²) in [4.78, 5) is 15.8. The van der Waals surface area contributed by atoms with E-state index >= 15 is 0 Å². The van der Waals surface area contributed by atoms with Crippen LogP contribution in [0.15, 0.2) is 12.1 Å². The van der Waals surface area contributed by atoms with E-state index < -0.39 is 0 Å². The van der Waals surface area contributed by atoms with Crippen LogP contribution < -0.4 is 16.6 Å². The van der Waals surface area contributed by atoms with Crippen LogP contribution in [-0.2, 0) is 0 Å². The summed E-state index contributed by atoms with van der Waals surface area (Å²) < 4.78 is 0. The van der Waals surface area contributed by atoms with Gasteiger partial charge in [0.1, 0.15) is 11.0 Å². The third-order valence-electron chi connectivity index (χ3n) is 2.98. The highest BCUT2D eigenvalue weighted by Crippen LogP contribution is 2.33. The molecule has 0 saturated heterocycles. The molecule has 4 N–H and O–H groups in total. The SMILES string of the molecule is NNc1cc(C(=O)NCCCC2CC2)cc(Cl)n1. The molecule has 2 rings (SSSR count). The van der Waals surface area contributed by atoms with Gasteiger partial charge in [0.25, 0.3) is 5.91 Å². The zero-order valence-electron chi connectivity index (χ0n) is 10.1. The maximum Gasteiger partial charge on any atom is 0.251 e. The zero-order valence-corrected chi connectivity index (χ0v) is 10.8. The van der Waals surface area contributed by atoms with E-state index in [2.05, 4.69) is 15.7 Å². The molecule has 0 spiro atoms. The van der Waals surface area contributed by atoms with E-state index in [0.717, 1.165) is 12.3 Å². The van der Waals surface area contributed by atoms with Gasteiger partial charge in [-0.2, -0.15) is 0 Å². The van der Waals surface area contributed by atoms with Crippen molar-refractivity contribution < 1.29 is 4.79 Å². The van der Waals surface area contributed by atoms with E-state index in [0.29, 0.717) is 17.9 Å². The molecule has 5 nitrogen and oxygen atoms in total.